The number of ether oxygens (including phenoxy) is 1. The predicted molar refractivity (Wildman–Crippen MR) is 104 cm³/mol. The van der Waals surface area contributed by atoms with Gasteiger partial charge in [0.2, 0.25) is 0 Å². The highest BCUT2D eigenvalue weighted by molar-refractivity contribution is 5.96. The summed E-state index contributed by atoms with van der Waals surface area (Å²) in [6.07, 6.45) is 4.09. The first-order chi connectivity index (χ1) is 14.0. The Kier molecular flexibility index (Phi) is 5.88. The average molecular weight is 393 g/mol. The van der Waals surface area contributed by atoms with Gasteiger partial charge in [-0.1, -0.05) is 6.07 Å². The maximum Gasteiger partial charge on any atom is 0.291 e. The fourth-order valence-electron chi connectivity index (χ4n) is 2.41. The first-order valence-corrected chi connectivity index (χ1v) is 8.37. The molecule has 0 aliphatic heterocycles. The van der Waals surface area contributed by atoms with Crippen LogP contribution in [0.5, 0.6) is 5.75 Å². The smallest absolute Gasteiger partial charge is 0.291 e. The van der Waals surface area contributed by atoms with Crippen molar-refractivity contribution in [1.29, 1.82) is 0 Å². The second kappa shape index (κ2) is 8.70. The Morgan fingerprint density at radius 3 is 2.62 bits per heavy atom. The number of nitrogens with one attached hydrogen (secondary N) is 1. The zero-order chi connectivity index (χ0) is 20.8. The van der Waals surface area contributed by atoms with Gasteiger partial charge in [-0.05, 0) is 42.0 Å². The van der Waals surface area contributed by atoms with Crippen molar-refractivity contribution in [2.24, 2.45) is 10.8 Å². The number of halogens is 1. The van der Waals surface area contributed by atoms with Crippen LogP contribution in [0.1, 0.15) is 26.4 Å². The van der Waals surface area contributed by atoms with E-state index in [1.165, 1.54) is 30.7 Å². The number of methoxy groups -OCH3 is 1. The van der Waals surface area contributed by atoms with Gasteiger partial charge in [0.15, 0.2) is 0 Å². The van der Waals surface area contributed by atoms with E-state index in [1.54, 1.807) is 31.4 Å². The molecule has 0 fully saturated rings. The van der Waals surface area contributed by atoms with Crippen LogP contribution < -0.4 is 15.9 Å². The molecule has 0 bridgehead atoms. The van der Waals surface area contributed by atoms with Crippen molar-refractivity contribution < 1.29 is 18.7 Å². The van der Waals surface area contributed by atoms with E-state index >= 15 is 0 Å². The molecule has 0 saturated heterocycles. The largest absolute Gasteiger partial charge is 0.497 e. The minimum Gasteiger partial charge on any atom is -0.497 e. The van der Waals surface area contributed by atoms with Crippen LogP contribution in [-0.4, -0.2) is 35.1 Å². The van der Waals surface area contributed by atoms with Crippen LogP contribution in [0.25, 0.3) is 11.3 Å². The molecule has 3 N–H and O–H groups in total. The Labute approximate surface area is 165 Å². The third kappa shape index (κ3) is 4.78. The molecule has 9 heteroatoms. The molecule has 3 aromatic rings. The predicted octanol–water partition coefficient (Wildman–Crippen LogP) is 2.15. The molecule has 0 aliphatic carbocycles. The van der Waals surface area contributed by atoms with E-state index in [-0.39, 0.29) is 11.3 Å². The van der Waals surface area contributed by atoms with Crippen LogP contribution in [0, 0.1) is 5.82 Å². The molecular weight excluding hydrogens is 377 g/mol. The Hall–Kier alpha value is -4.14. The normalized spacial score (nSPS) is 10.7. The van der Waals surface area contributed by atoms with Gasteiger partial charge in [0.25, 0.3) is 11.8 Å². The number of benzene rings is 2. The third-order valence-electron chi connectivity index (χ3n) is 3.89. The zero-order valence-corrected chi connectivity index (χ0v) is 15.3. The average Bonchev–Trinajstić information content (AvgIpc) is 2.74. The van der Waals surface area contributed by atoms with E-state index < -0.39 is 17.6 Å². The van der Waals surface area contributed by atoms with E-state index in [9.17, 15) is 14.0 Å². The molecule has 146 valence electrons. The van der Waals surface area contributed by atoms with Crippen LogP contribution in [0.15, 0.2) is 60.0 Å². The number of aromatic nitrogens is 2. The summed E-state index contributed by atoms with van der Waals surface area (Å²) in [5.41, 5.74) is 8.86. The maximum atomic E-state index is 13.5. The molecule has 3 rings (SSSR count). The Balaban J connectivity index is 1.72. The van der Waals surface area contributed by atoms with Gasteiger partial charge in [0.1, 0.15) is 17.3 Å². The lowest BCUT2D eigenvalue weighted by molar-refractivity contribution is 0.0948. The fourth-order valence-corrected chi connectivity index (χ4v) is 2.41. The molecule has 2 aromatic carbocycles. The van der Waals surface area contributed by atoms with Crippen LogP contribution in [0.2, 0.25) is 0 Å². The number of carbonyl (C=O) groups is 2. The van der Waals surface area contributed by atoms with Crippen molar-refractivity contribution in [1.82, 2.24) is 15.4 Å². The zero-order valence-electron chi connectivity index (χ0n) is 15.3. The number of hydrogen-bond donors (Lipinski definition) is 2. The van der Waals surface area contributed by atoms with Crippen molar-refractivity contribution in [2.75, 3.05) is 7.11 Å². The molecule has 1 aromatic heterocycles. The summed E-state index contributed by atoms with van der Waals surface area (Å²) >= 11 is 0. The minimum atomic E-state index is -0.896. The number of rotatable bonds is 6. The van der Waals surface area contributed by atoms with Crippen LogP contribution >= 0.6 is 0 Å². The van der Waals surface area contributed by atoms with Crippen LogP contribution in [-0.2, 0) is 0 Å². The molecule has 0 saturated carbocycles. The number of hydrazone groups is 1. The van der Waals surface area contributed by atoms with Crippen molar-refractivity contribution in [3.05, 3.63) is 77.5 Å². The summed E-state index contributed by atoms with van der Waals surface area (Å²) in [6, 6.07) is 10.9. The van der Waals surface area contributed by atoms with Crippen molar-refractivity contribution >= 4 is 18.0 Å². The van der Waals surface area contributed by atoms with E-state index in [0.717, 1.165) is 11.6 Å². The van der Waals surface area contributed by atoms with E-state index in [0.29, 0.717) is 17.0 Å². The van der Waals surface area contributed by atoms with Crippen molar-refractivity contribution in [2.45, 2.75) is 0 Å². The van der Waals surface area contributed by atoms with E-state index in [1.807, 2.05) is 0 Å². The van der Waals surface area contributed by atoms with Gasteiger partial charge in [-0.2, -0.15) is 5.10 Å². The topological polar surface area (TPSA) is 120 Å². The standard InChI is InChI=1S/C20H16FN5O3/c1-29-14-5-3-13(4-6-14)17-10-23-11-18(25-17)20(28)26-24-9-12-2-7-16(21)15(8-12)19(22)27/h2-11H,1H3,(H2,22,27)(H,26,28). The summed E-state index contributed by atoms with van der Waals surface area (Å²) in [5, 5.41) is 3.79. The quantitative estimate of drug-likeness (QED) is 0.491. The van der Waals surface area contributed by atoms with Gasteiger partial charge in [-0.3, -0.25) is 14.6 Å². The molecule has 0 atom stereocenters. The summed E-state index contributed by atoms with van der Waals surface area (Å²) in [7, 11) is 1.57. The summed E-state index contributed by atoms with van der Waals surface area (Å²) in [6.45, 7) is 0. The molecule has 29 heavy (non-hydrogen) atoms. The third-order valence-corrected chi connectivity index (χ3v) is 3.89. The molecular formula is C20H16FN5O3. The highest BCUT2D eigenvalue weighted by atomic mass is 19.1. The number of nitrogens with zero attached hydrogens (tertiary/aromatic N) is 3. The van der Waals surface area contributed by atoms with Crippen molar-refractivity contribution in [3.8, 4) is 17.0 Å². The second-order valence-electron chi connectivity index (χ2n) is 5.82. The maximum absolute atomic E-state index is 13.5. The molecule has 1 heterocycles. The molecule has 2 amide bonds. The second-order valence-corrected chi connectivity index (χ2v) is 5.82. The number of primary amides is 1. The van der Waals surface area contributed by atoms with Gasteiger partial charge in [-0.15, -0.1) is 0 Å². The Morgan fingerprint density at radius 2 is 1.93 bits per heavy atom. The van der Waals surface area contributed by atoms with Gasteiger partial charge in [-0.25, -0.2) is 14.8 Å². The SMILES string of the molecule is COc1ccc(-c2cncc(C(=O)NN=Cc3ccc(F)c(C(N)=O)c3)n2)cc1. The number of carbonyl (C=O) groups excluding carboxylic acids is 2. The molecule has 0 radical (unpaired) electrons. The van der Waals surface area contributed by atoms with Crippen LogP contribution in [0.4, 0.5) is 4.39 Å². The lowest BCUT2D eigenvalue weighted by Gasteiger charge is -2.05. The van der Waals surface area contributed by atoms with E-state index in [4.69, 9.17) is 10.5 Å². The molecule has 0 unspecified atom stereocenters. The van der Waals surface area contributed by atoms with Crippen molar-refractivity contribution in [3.63, 3.8) is 0 Å². The Bertz CT molecular complexity index is 1080. The summed E-state index contributed by atoms with van der Waals surface area (Å²) in [5.74, 6) is -1.51. The van der Waals surface area contributed by atoms with Crippen LogP contribution in [0.3, 0.4) is 0 Å². The number of amides is 2. The van der Waals surface area contributed by atoms with Gasteiger partial charge < -0.3 is 10.5 Å². The molecule has 8 nitrogen and oxygen atoms in total. The lowest BCUT2D eigenvalue weighted by Crippen LogP contribution is -2.19. The monoisotopic (exact) mass is 393 g/mol. The van der Waals surface area contributed by atoms with Gasteiger partial charge in [0, 0.05) is 5.56 Å². The first-order valence-electron chi connectivity index (χ1n) is 8.37. The van der Waals surface area contributed by atoms with E-state index in [2.05, 4.69) is 20.5 Å². The lowest BCUT2D eigenvalue weighted by atomic mass is 10.1. The number of hydrogen-bond acceptors (Lipinski definition) is 6. The molecule has 0 aliphatic rings. The summed E-state index contributed by atoms with van der Waals surface area (Å²) in [4.78, 5) is 31.7. The molecule has 0 spiro atoms. The number of nitrogens with two attached hydrogens (primary N) is 1. The first kappa shape index (κ1) is 19.6. The Morgan fingerprint density at radius 1 is 1.17 bits per heavy atom. The van der Waals surface area contributed by atoms with Gasteiger partial charge >= 0.3 is 0 Å². The highest BCUT2D eigenvalue weighted by Gasteiger charge is 2.10. The fraction of sp³-hybridized carbons (Fsp3) is 0.0500. The highest BCUT2D eigenvalue weighted by Crippen LogP contribution is 2.20. The van der Waals surface area contributed by atoms with Gasteiger partial charge in [0.05, 0.1) is 37.0 Å². The minimum absolute atomic E-state index is 0.0624. The summed E-state index contributed by atoms with van der Waals surface area (Å²) < 4.78 is 18.6.